The molecule has 712 valence electrons. The second-order valence-corrected chi connectivity index (χ2v) is 37.0. The molecule has 20 aromatic rings. The third-order valence-corrected chi connectivity index (χ3v) is 26.5. The summed E-state index contributed by atoms with van der Waals surface area (Å²) >= 11 is 0. The SMILES string of the molecule is CC(C)(C)OC(=O)N1CCC(n2cc(-c3cnc4cnn(Cc5cnc6ccc(C(F)(F)F)cn56)c4c3)cn2)CC1.FC(F)(F)c1ccc2ncc(Cn3ncc4ncc(-c5cnn(C6CCCCC6)c5)cc43)n2c1.FC(F)(F)c1ccc2ncc(Cn3ncc4ncc(-c5cnn(C6CCCCC6)c5)cc43)n2c1.c1ccn2c(Cn3ncc4ncc(-c5cnn(C6CCCCC6)c5)cc43)cnc2c1. The molecule has 20 aromatic heterocycles. The van der Waals surface area contributed by atoms with Crippen molar-refractivity contribution < 1.29 is 49.0 Å². The first kappa shape index (κ1) is 90.2. The number of aromatic nitrogens is 28. The minimum absolute atomic E-state index is 0.154. The first-order chi connectivity index (χ1) is 67.2. The fraction of sp³-hybridized carbons (Fsp3) is 0.343. The number of amides is 1. The number of hydrogen-bond donors (Lipinski definition) is 0. The summed E-state index contributed by atoms with van der Waals surface area (Å²) in [5, 5.41) is 36.3. The van der Waals surface area contributed by atoms with E-state index >= 15 is 0 Å². The van der Waals surface area contributed by atoms with Crippen molar-refractivity contribution in [1.29, 1.82) is 0 Å². The smallest absolute Gasteiger partial charge is 0.417 e. The van der Waals surface area contributed by atoms with E-state index in [9.17, 15) is 44.3 Å². The van der Waals surface area contributed by atoms with E-state index in [1.54, 1.807) is 80.9 Å². The summed E-state index contributed by atoms with van der Waals surface area (Å²) in [7, 11) is 0. The highest BCUT2D eigenvalue weighted by Crippen LogP contribution is 2.39. The minimum atomic E-state index is -4.45. The summed E-state index contributed by atoms with van der Waals surface area (Å²) in [5.74, 6) is 0. The highest BCUT2D eigenvalue weighted by Gasteiger charge is 2.35. The molecule has 1 saturated heterocycles. The molecule has 0 N–H and O–H groups in total. The van der Waals surface area contributed by atoms with Gasteiger partial charge in [-0.2, -0.15) is 80.3 Å². The Morgan fingerprint density at radius 2 is 0.597 bits per heavy atom. The predicted molar refractivity (Wildman–Crippen MR) is 500 cm³/mol. The number of carbonyl (C=O) groups is 1. The van der Waals surface area contributed by atoms with Gasteiger partial charge >= 0.3 is 24.6 Å². The number of ether oxygens (including phenoxy) is 1. The number of nitrogens with zero attached hydrogens (tertiary/aromatic N) is 29. The van der Waals surface area contributed by atoms with Gasteiger partial charge in [0.05, 0.1) is 186 Å². The quantitative estimate of drug-likeness (QED) is 0.0812. The van der Waals surface area contributed by atoms with Crippen LogP contribution in [0.25, 0.3) is 111 Å². The van der Waals surface area contributed by atoms with Gasteiger partial charge < -0.3 is 27.2 Å². The Kier molecular flexibility index (Phi) is 24.2. The zero-order valence-corrected chi connectivity index (χ0v) is 76.1. The number of fused-ring (bicyclic) bond motifs is 8. The molecule has 1 amide bonds. The van der Waals surface area contributed by atoms with Crippen molar-refractivity contribution in [2.24, 2.45) is 0 Å². The predicted octanol–water partition coefficient (Wildman–Crippen LogP) is 21.1. The Bertz CT molecular complexity index is 7580. The number of rotatable bonds is 16. The van der Waals surface area contributed by atoms with Gasteiger partial charge in [0.25, 0.3) is 0 Å². The van der Waals surface area contributed by atoms with Crippen molar-refractivity contribution in [1.82, 2.24) is 141 Å². The zero-order valence-electron chi connectivity index (χ0n) is 76.1. The molecule has 4 aliphatic rings. The van der Waals surface area contributed by atoms with Crippen LogP contribution in [0, 0.1) is 0 Å². The van der Waals surface area contributed by atoms with E-state index in [1.165, 1.54) is 102 Å². The standard InChI is InChI=1S/C28H29F3N8O2.2C24H22F3N7.C23H23N7/c1-27(2,3)41-26(40)36-8-6-21(7-9-36)38-15-19(12-34-38)18-10-24-23(32-11-18)14-35-39(24)17-22-13-33-25-5-4-20(16-37(22)25)28(29,30)31;2*25-24(26,27)18-6-7-23-29-11-20(32(23)14-18)15-34-22-8-16(9-28-21(22)12-31-34)17-10-30-33(13-17)19-4-2-1-3-5-19;1-2-6-19(7-3-1)29-15-18(12-26-29)17-10-22-21(24-11-17)14-27-30(22)16-20-13-25-23-8-4-5-9-28(20)23/h4-5,10-16,21H,6-9,17H2,1-3H3;2*6-14,19H,1-5,15H2;4-5,8-15,19H,1-3,6-7,16H2. The number of carbonyl (C=O) groups excluding carboxylic acids is 1. The molecule has 40 heteroatoms. The van der Waals surface area contributed by atoms with Crippen LogP contribution in [0.3, 0.4) is 0 Å². The normalized spacial score (nSPS) is 15.4. The van der Waals surface area contributed by atoms with E-state index in [0.29, 0.717) is 88.3 Å². The van der Waals surface area contributed by atoms with Gasteiger partial charge in [-0.1, -0.05) is 63.9 Å². The number of pyridine rings is 8. The van der Waals surface area contributed by atoms with Crippen LogP contribution in [0.15, 0.2) is 228 Å². The fourth-order valence-electron chi connectivity index (χ4n) is 19.0. The van der Waals surface area contributed by atoms with Crippen molar-refractivity contribution >= 4 is 72.8 Å². The third kappa shape index (κ3) is 19.4. The Hall–Kier alpha value is -15.3. The van der Waals surface area contributed by atoms with Crippen molar-refractivity contribution in [2.45, 2.75) is 204 Å². The van der Waals surface area contributed by atoms with E-state index < -0.39 is 40.8 Å². The third-order valence-electron chi connectivity index (χ3n) is 26.5. The number of likely N-dealkylation sites (tertiary alicyclic amines) is 1. The van der Waals surface area contributed by atoms with Crippen LogP contribution in [-0.4, -0.2) is 165 Å². The van der Waals surface area contributed by atoms with E-state index in [1.807, 2.05) is 116 Å². The van der Waals surface area contributed by atoms with Crippen molar-refractivity contribution in [2.75, 3.05) is 13.1 Å². The first-order valence-electron chi connectivity index (χ1n) is 46.6. The topological polar surface area (TPSA) is 293 Å². The highest BCUT2D eigenvalue weighted by atomic mass is 19.4. The number of piperidine rings is 1. The number of halogens is 9. The lowest BCUT2D eigenvalue weighted by Crippen LogP contribution is -2.42. The lowest BCUT2D eigenvalue weighted by molar-refractivity contribution is -0.138. The van der Waals surface area contributed by atoms with Crippen LogP contribution in [0.2, 0.25) is 0 Å². The summed E-state index contributed by atoms with van der Waals surface area (Å²) in [4.78, 5) is 49.6. The Balaban J connectivity index is 0.000000111. The van der Waals surface area contributed by atoms with Crippen LogP contribution in [-0.2, 0) is 49.4 Å². The molecular weight excluding hydrogens is 1800 g/mol. The Morgan fingerprint density at radius 3 is 0.892 bits per heavy atom. The van der Waals surface area contributed by atoms with Gasteiger partial charge in [0.15, 0.2) is 0 Å². The summed E-state index contributed by atoms with van der Waals surface area (Å²) in [5.41, 5.74) is 16.5. The van der Waals surface area contributed by atoms with E-state index in [-0.39, 0.29) is 31.8 Å². The van der Waals surface area contributed by atoms with Gasteiger partial charge in [-0.25, -0.2) is 24.7 Å². The largest absolute Gasteiger partial charge is 0.444 e. The Labute approximate surface area is 787 Å². The minimum Gasteiger partial charge on any atom is -0.444 e. The van der Waals surface area contributed by atoms with Gasteiger partial charge in [0, 0.05) is 132 Å². The highest BCUT2D eigenvalue weighted by molar-refractivity contribution is 5.83. The van der Waals surface area contributed by atoms with Gasteiger partial charge in [-0.15, -0.1) is 0 Å². The van der Waals surface area contributed by atoms with Gasteiger partial charge in [0.1, 0.15) is 50.3 Å². The second-order valence-electron chi connectivity index (χ2n) is 37.0. The molecule has 139 heavy (non-hydrogen) atoms. The second kappa shape index (κ2) is 37.3. The maximum Gasteiger partial charge on any atom is 0.417 e. The number of imidazole rings is 4. The average molecular weight is 1900 g/mol. The first-order valence-corrected chi connectivity index (χ1v) is 46.6. The van der Waals surface area contributed by atoms with Crippen LogP contribution < -0.4 is 0 Å². The average Bonchev–Trinajstić information content (AvgIpc) is 1.65. The summed E-state index contributed by atoms with van der Waals surface area (Å²) < 4.78 is 146. The fourth-order valence-corrected chi connectivity index (χ4v) is 19.0. The zero-order chi connectivity index (χ0) is 95.4. The molecule has 0 aromatic carbocycles. The summed E-state index contributed by atoms with van der Waals surface area (Å²) in [6, 6.07) is 22.9. The molecule has 1 aliphatic heterocycles. The number of hydrogen-bond acceptors (Lipinski definition) is 18. The van der Waals surface area contributed by atoms with Crippen molar-refractivity contribution in [3.05, 3.63) is 267 Å². The van der Waals surface area contributed by atoms with Gasteiger partial charge in [-0.3, -0.25) is 57.4 Å². The summed E-state index contributed by atoms with van der Waals surface area (Å²) in [6.45, 7) is 8.13. The van der Waals surface area contributed by atoms with Gasteiger partial charge in [-0.05, 0) is 145 Å². The van der Waals surface area contributed by atoms with E-state index in [0.717, 1.165) is 159 Å². The molecule has 0 radical (unpaired) electrons. The maximum absolute atomic E-state index is 13.3. The molecule has 4 fully saturated rings. The molecule has 0 unspecified atom stereocenters. The molecule has 0 bridgehead atoms. The molecule has 0 spiro atoms. The van der Waals surface area contributed by atoms with Crippen LogP contribution >= 0.6 is 0 Å². The van der Waals surface area contributed by atoms with Gasteiger partial charge in [0.2, 0.25) is 0 Å². The van der Waals surface area contributed by atoms with E-state index in [2.05, 4.69) is 124 Å². The molecule has 31 nitrogen and oxygen atoms in total. The molecule has 3 aliphatic carbocycles. The van der Waals surface area contributed by atoms with Crippen LogP contribution in [0.5, 0.6) is 0 Å². The molecule has 0 atom stereocenters. The summed E-state index contributed by atoms with van der Waals surface area (Å²) in [6.07, 6.45) is 48.2. The lowest BCUT2D eigenvalue weighted by Gasteiger charge is -2.33. The van der Waals surface area contributed by atoms with Crippen LogP contribution in [0.4, 0.5) is 44.3 Å². The molecular formula is C99H96F9N29O2. The van der Waals surface area contributed by atoms with Crippen LogP contribution in [0.1, 0.15) is 194 Å². The Morgan fingerprint density at radius 1 is 0.309 bits per heavy atom. The molecule has 3 saturated carbocycles. The van der Waals surface area contributed by atoms with Crippen molar-refractivity contribution in [3.8, 4) is 44.5 Å². The molecule has 21 heterocycles. The van der Waals surface area contributed by atoms with E-state index in [4.69, 9.17) is 4.74 Å². The lowest BCUT2D eigenvalue weighted by atomic mass is 9.96. The van der Waals surface area contributed by atoms with Crippen molar-refractivity contribution in [3.63, 3.8) is 0 Å². The number of alkyl halides is 9. The monoisotopic (exact) mass is 1890 g/mol. The molecule has 24 rings (SSSR count). The maximum atomic E-state index is 13.3.